The van der Waals surface area contributed by atoms with Crippen LogP contribution in [0, 0.1) is 5.92 Å². The molecule has 2 saturated heterocycles. The Morgan fingerprint density at radius 3 is 2.18 bits per heavy atom. The van der Waals surface area contributed by atoms with Gasteiger partial charge in [-0.25, -0.2) is 0 Å². The van der Waals surface area contributed by atoms with Crippen LogP contribution in [0.2, 0.25) is 0 Å². The fourth-order valence-corrected chi connectivity index (χ4v) is 4.90. The van der Waals surface area contributed by atoms with E-state index in [4.69, 9.17) is 14.2 Å². The lowest BCUT2D eigenvalue weighted by molar-refractivity contribution is -0.266. The number of piperazine rings is 1. The van der Waals surface area contributed by atoms with Crippen molar-refractivity contribution in [3.63, 3.8) is 0 Å². The SMILES string of the molecule is C[C@H]1[C@H](OCc2ccccc2)[C@@H](NC(=O)CCC(=O)N2CCNCC2)C(OCc2ccccc2)O[C@@H]1CO. The Morgan fingerprint density at radius 2 is 1.58 bits per heavy atom. The molecule has 5 atom stereocenters. The average Bonchev–Trinajstić information content (AvgIpc) is 2.96. The third-order valence-electron chi connectivity index (χ3n) is 7.15. The molecule has 0 saturated carbocycles. The van der Waals surface area contributed by atoms with E-state index in [1.807, 2.05) is 67.6 Å². The van der Waals surface area contributed by atoms with E-state index in [1.165, 1.54) is 0 Å². The zero-order valence-electron chi connectivity index (χ0n) is 22.0. The summed E-state index contributed by atoms with van der Waals surface area (Å²) in [5.41, 5.74) is 1.96. The molecule has 4 rings (SSSR count). The van der Waals surface area contributed by atoms with Gasteiger partial charge in [0.1, 0.15) is 6.04 Å². The Labute approximate surface area is 224 Å². The van der Waals surface area contributed by atoms with Gasteiger partial charge in [-0.1, -0.05) is 67.6 Å². The molecule has 0 radical (unpaired) electrons. The molecule has 206 valence electrons. The van der Waals surface area contributed by atoms with Crippen LogP contribution in [0.4, 0.5) is 0 Å². The summed E-state index contributed by atoms with van der Waals surface area (Å²) in [5, 5.41) is 16.3. The molecule has 0 aromatic heterocycles. The van der Waals surface area contributed by atoms with E-state index in [2.05, 4.69) is 10.6 Å². The monoisotopic (exact) mass is 525 g/mol. The highest BCUT2D eigenvalue weighted by Crippen LogP contribution is 2.30. The van der Waals surface area contributed by atoms with E-state index in [0.717, 1.165) is 24.2 Å². The lowest BCUT2D eigenvalue weighted by Gasteiger charge is -2.45. The van der Waals surface area contributed by atoms with Crippen molar-refractivity contribution in [2.24, 2.45) is 5.92 Å². The normalized spacial score (nSPS) is 25.6. The smallest absolute Gasteiger partial charge is 0.223 e. The Kier molecular flexibility index (Phi) is 10.7. The van der Waals surface area contributed by atoms with Crippen LogP contribution in [0.5, 0.6) is 0 Å². The van der Waals surface area contributed by atoms with Crippen molar-refractivity contribution in [1.29, 1.82) is 0 Å². The van der Waals surface area contributed by atoms with Crippen molar-refractivity contribution in [3.8, 4) is 0 Å². The number of carbonyl (C=O) groups is 2. The van der Waals surface area contributed by atoms with Gasteiger partial charge < -0.3 is 34.9 Å². The zero-order valence-corrected chi connectivity index (χ0v) is 22.0. The van der Waals surface area contributed by atoms with Gasteiger partial charge >= 0.3 is 0 Å². The van der Waals surface area contributed by atoms with Crippen LogP contribution >= 0.6 is 0 Å². The number of nitrogens with zero attached hydrogens (tertiary/aromatic N) is 1. The number of ether oxygens (including phenoxy) is 3. The molecule has 9 heteroatoms. The molecule has 9 nitrogen and oxygen atoms in total. The quantitative estimate of drug-likeness (QED) is 0.411. The van der Waals surface area contributed by atoms with Crippen LogP contribution in [-0.2, 0) is 37.0 Å². The lowest BCUT2D eigenvalue weighted by atomic mass is 9.89. The van der Waals surface area contributed by atoms with E-state index in [0.29, 0.717) is 19.7 Å². The summed E-state index contributed by atoms with van der Waals surface area (Å²) in [5.74, 6) is -0.504. The first-order valence-electron chi connectivity index (χ1n) is 13.4. The molecule has 2 aromatic rings. The molecule has 0 spiro atoms. The summed E-state index contributed by atoms with van der Waals surface area (Å²) in [6, 6.07) is 18.9. The van der Waals surface area contributed by atoms with Crippen molar-refractivity contribution in [1.82, 2.24) is 15.5 Å². The molecule has 2 aliphatic rings. The fourth-order valence-electron chi connectivity index (χ4n) is 4.90. The Balaban J connectivity index is 1.46. The van der Waals surface area contributed by atoms with Gasteiger partial charge in [-0.2, -0.15) is 0 Å². The molecule has 2 aromatic carbocycles. The van der Waals surface area contributed by atoms with Gasteiger partial charge in [0.15, 0.2) is 6.29 Å². The minimum atomic E-state index is -0.836. The molecule has 0 bridgehead atoms. The predicted octanol–water partition coefficient (Wildman–Crippen LogP) is 1.84. The number of hydrogen-bond acceptors (Lipinski definition) is 7. The van der Waals surface area contributed by atoms with Gasteiger partial charge in [0.25, 0.3) is 0 Å². The van der Waals surface area contributed by atoms with Crippen LogP contribution in [0.1, 0.15) is 30.9 Å². The van der Waals surface area contributed by atoms with Crippen molar-refractivity contribution in [2.75, 3.05) is 32.8 Å². The predicted molar refractivity (Wildman–Crippen MR) is 142 cm³/mol. The standard InChI is InChI=1S/C29H39N3O6/c1-21-24(18-33)38-29(37-20-23-10-6-3-7-11-23)27(28(21)36-19-22-8-4-2-5-9-22)31-25(34)12-13-26(35)32-16-14-30-15-17-32/h2-11,21,24,27-30,33H,12-20H2,1H3,(H,31,34)/t21-,24-,27-,28+,29?/m1/s1. The molecule has 2 heterocycles. The van der Waals surface area contributed by atoms with Crippen LogP contribution in [0.15, 0.2) is 60.7 Å². The maximum atomic E-state index is 13.1. The van der Waals surface area contributed by atoms with Crippen molar-refractivity contribution in [2.45, 2.75) is 57.5 Å². The summed E-state index contributed by atoms with van der Waals surface area (Å²) in [4.78, 5) is 27.5. The van der Waals surface area contributed by atoms with Crippen LogP contribution in [0.3, 0.4) is 0 Å². The summed E-state index contributed by atoms with van der Waals surface area (Å²) in [7, 11) is 0. The zero-order chi connectivity index (χ0) is 26.7. The van der Waals surface area contributed by atoms with Crippen LogP contribution in [0.25, 0.3) is 0 Å². The topological polar surface area (TPSA) is 109 Å². The second kappa shape index (κ2) is 14.4. The second-order valence-corrected chi connectivity index (χ2v) is 9.87. The average molecular weight is 526 g/mol. The first kappa shape index (κ1) is 28.2. The maximum Gasteiger partial charge on any atom is 0.223 e. The van der Waals surface area contributed by atoms with E-state index in [9.17, 15) is 14.7 Å². The molecule has 2 fully saturated rings. The number of aliphatic hydroxyl groups is 1. The van der Waals surface area contributed by atoms with Crippen molar-refractivity contribution in [3.05, 3.63) is 71.8 Å². The molecular formula is C29H39N3O6. The van der Waals surface area contributed by atoms with Crippen LogP contribution < -0.4 is 10.6 Å². The maximum absolute atomic E-state index is 13.1. The van der Waals surface area contributed by atoms with Gasteiger partial charge in [-0.05, 0) is 11.1 Å². The highest BCUT2D eigenvalue weighted by molar-refractivity contribution is 5.84. The van der Waals surface area contributed by atoms with E-state index in [-0.39, 0.29) is 43.8 Å². The minimum absolute atomic E-state index is 0.0241. The molecule has 3 N–H and O–H groups in total. The molecule has 2 aliphatic heterocycles. The number of carbonyl (C=O) groups excluding carboxylic acids is 2. The fraction of sp³-hybridized carbons (Fsp3) is 0.517. The number of aliphatic hydroxyl groups excluding tert-OH is 1. The van der Waals surface area contributed by atoms with E-state index in [1.54, 1.807) is 4.90 Å². The van der Waals surface area contributed by atoms with Gasteiger partial charge in [0, 0.05) is 44.9 Å². The summed E-state index contributed by atoms with van der Waals surface area (Å²) in [6.07, 6.45) is -1.63. The highest BCUT2D eigenvalue weighted by atomic mass is 16.7. The second-order valence-electron chi connectivity index (χ2n) is 9.87. The number of rotatable bonds is 11. The van der Waals surface area contributed by atoms with Crippen LogP contribution in [-0.4, -0.2) is 79.1 Å². The number of benzene rings is 2. The van der Waals surface area contributed by atoms with Gasteiger partial charge in [-0.3, -0.25) is 9.59 Å². The van der Waals surface area contributed by atoms with E-state index < -0.39 is 24.5 Å². The third kappa shape index (κ3) is 7.85. The molecule has 38 heavy (non-hydrogen) atoms. The number of amides is 2. The Morgan fingerprint density at radius 1 is 0.974 bits per heavy atom. The largest absolute Gasteiger partial charge is 0.394 e. The summed E-state index contributed by atoms with van der Waals surface area (Å²) >= 11 is 0. The van der Waals surface area contributed by atoms with Gasteiger partial charge in [-0.15, -0.1) is 0 Å². The number of nitrogens with one attached hydrogen (secondary N) is 2. The Bertz CT molecular complexity index is 1000. The highest BCUT2D eigenvalue weighted by Gasteiger charge is 2.45. The molecular weight excluding hydrogens is 486 g/mol. The molecule has 0 aliphatic carbocycles. The van der Waals surface area contributed by atoms with Gasteiger partial charge in [0.05, 0.1) is 32.0 Å². The molecule has 2 amide bonds. The third-order valence-corrected chi connectivity index (χ3v) is 7.15. The van der Waals surface area contributed by atoms with Crippen molar-refractivity contribution < 1.29 is 28.9 Å². The minimum Gasteiger partial charge on any atom is -0.394 e. The number of hydrogen-bond donors (Lipinski definition) is 3. The first-order chi connectivity index (χ1) is 18.5. The summed E-state index contributed by atoms with van der Waals surface area (Å²) < 4.78 is 18.7. The first-order valence-corrected chi connectivity index (χ1v) is 13.4. The molecule has 1 unspecified atom stereocenters. The van der Waals surface area contributed by atoms with Crippen molar-refractivity contribution >= 4 is 11.8 Å². The summed E-state index contributed by atoms with van der Waals surface area (Å²) in [6.45, 7) is 5.20. The van der Waals surface area contributed by atoms with E-state index >= 15 is 0 Å². The Hall–Kier alpha value is -2.82. The lowest BCUT2D eigenvalue weighted by Crippen LogP contribution is -2.62. The van der Waals surface area contributed by atoms with Gasteiger partial charge in [0.2, 0.25) is 11.8 Å².